The second-order valence-corrected chi connectivity index (χ2v) is 10.4. The third kappa shape index (κ3) is 9.19. The summed E-state index contributed by atoms with van der Waals surface area (Å²) in [5.74, 6) is -1.90. The van der Waals surface area contributed by atoms with Gasteiger partial charge in [-0.2, -0.15) is 18.3 Å². The quantitative estimate of drug-likeness (QED) is 0.176. The van der Waals surface area contributed by atoms with Gasteiger partial charge in [-0.1, -0.05) is 61.3 Å². The topological polar surface area (TPSA) is 116 Å². The maximum atomic E-state index is 14.5. The second kappa shape index (κ2) is 16.1. The number of hydrogen-bond acceptors (Lipinski definition) is 5. The lowest BCUT2D eigenvalue weighted by atomic mass is 10.0. The molecule has 0 fully saturated rings. The number of aromatic nitrogens is 2. The van der Waals surface area contributed by atoms with E-state index in [2.05, 4.69) is 34.8 Å². The summed E-state index contributed by atoms with van der Waals surface area (Å²) in [5, 5.41) is 9.90. The molecule has 1 aliphatic rings. The summed E-state index contributed by atoms with van der Waals surface area (Å²) in [6, 6.07) is 16.7. The largest absolute Gasteiger partial charge is 0.441 e. The lowest BCUT2D eigenvalue weighted by molar-refractivity contribution is -0.140. The Hall–Kier alpha value is -4.65. The van der Waals surface area contributed by atoms with Gasteiger partial charge in [-0.05, 0) is 50.1 Å². The minimum atomic E-state index is -4.67. The molecule has 2 heterocycles. The van der Waals surface area contributed by atoms with Gasteiger partial charge < -0.3 is 15.0 Å². The molecular formula is C32H34ClF4N5O4. The first kappa shape index (κ1) is 35.8. The highest BCUT2D eigenvalue weighted by molar-refractivity contribution is 6.31. The minimum Gasteiger partial charge on any atom is -0.441 e. The molecule has 0 bridgehead atoms. The lowest BCUT2D eigenvalue weighted by Gasteiger charge is -2.27. The molecule has 1 aromatic heterocycles. The summed E-state index contributed by atoms with van der Waals surface area (Å²) >= 11 is 5.84. The third-order valence-corrected chi connectivity index (χ3v) is 7.06. The number of ether oxygens (including phenoxy) is 1. The van der Waals surface area contributed by atoms with Crippen LogP contribution in [0.1, 0.15) is 60.0 Å². The molecule has 3 N–H and O–H groups in total. The van der Waals surface area contributed by atoms with Gasteiger partial charge in [0, 0.05) is 24.5 Å². The van der Waals surface area contributed by atoms with Gasteiger partial charge in [0.05, 0.1) is 28.3 Å². The molecule has 9 nitrogen and oxygen atoms in total. The number of rotatable bonds is 7. The van der Waals surface area contributed by atoms with Crippen molar-refractivity contribution in [1.82, 2.24) is 20.4 Å². The Labute approximate surface area is 268 Å². The molecule has 4 aromatic rings. The molecule has 0 saturated heterocycles. The van der Waals surface area contributed by atoms with Gasteiger partial charge in [0.2, 0.25) is 5.91 Å². The maximum absolute atomic E-state index is 14.5. The molecular weight excluding hydrogens is 630 g/mol. The van der Waals surface area contributed by atoms with Crippen LogP contribution in [0.2, 0.25) is 5.02 Å². The van der Waals surface area contributed by atoms with Gasteiger partial charge >= 0.3 is 12.3 Å². The van der Waals surface area contributed by atoms with Crippen molar-refractivity contribution in [2.75, 3.05) is 25.5 Å². The monoisotopic (exact) mass is 663 g/mol. The number of carbonyl (C=O) groups is 3. The Balaban J connectivity index is 0.000000558. The first-order chi connectivity index (χ1) is 21.8. The van der Waals surface area contributed by atoms with Crippen molar-refractivity contribution >= 4 is 46.1 Å². The molecule has 0 saturated carbocycles. The Morgan fingerprint density at radius 3 is 2.41 bits per heavy atom. The zero-order valence-corrected chi connectivity index (χ0v) is 26.4. The zero-order valence-electron chi connectivity index (χ0n) is 25.6. The van der Waals surface area contributed by atoms with Gasteiger partial charge in [-0.25, -0.2) is 9.18 Å². The molecule has 0 spiro atoms. The molecule has 1 atom stereocenters. The number of alkyl halides is 3. The molecule has 5 rings (SSSR count). The van der Waals surface area contributed by atoms with Crippen molar-refractivity contribution in [3.8, 4) is 0 Å². The van der Waals surface area contributed by atoms with Crippen LogP contribution < -0.4 is 10.6 Å². The first-order valence-electron chi connectivity index (χ1n) is 14.4. The molecule has 3 aromatic carbocycles. The number of aromatic amines is 1. The van der Waals surface area contributed by atoms with Crippen molar-refractivity contribution in [2.45, 2.75) is 45.9 Å². The molecule has 3 amide bonds. The van der Waals surface area contributed by atoms with Crippen molar-refractivity contribution < 1.29 is 36.7 Å². The van der Waals surface area contributed by atoms with Crippen LogP contribution in [-0.2, 0) is 15.7 Å². The van der Waals surface area contributed by atoms with Crippen molar-refractivity contribution in [3.05, 3.63) is 93.9 Å². The predicted molar refractivity (Wildman–Crippen MR) is 167 cm³/mol. The molecule has 46 heavy (non-hydrogen) atoms. The summed E-state index contributed by atoms with van der Waals surface area (Å²) < 4.78 is 59.0. The Morgan fingerprint density at radius 2 is 1.78 bits per heavy atom. The van der Waals surface area contributed by atoms with Crippen LogP contribution in [0, 0.1) is 12.7 Å². The van der Waals surface area contributed by atoms with E-state index in [-0.39, 0.29) is 45.7 Å². The van der Waals surface area contributed by atoms with Gasteiger partial charge in [-0.15, -0.1) is 0 Å². The fourth-order valence-corrected chi connectivity index (χ4v) is 4.62. The van der Waals surface area contributed by atoms with Crippen LogP contribution in [-0.4, -0.2) is 53.1 Å². The van der Waals surface area contributed by atoms with Gasteiger partial charge in [0.25, 0.3) is 5.91 Å². The number of halogens is 5. The summed E-state index contributed by atoms with van der Waals surface area (Å²) in [5.41, 5.74) is 0.605. The van der Waals surface area contributed by atoms with Crippen LogP contribution in [0.3, 0.4) is 0 Å². The second-order valence-electron chi connectivity index (χ2n) is 9.96. The van der Waals surface area contributed by atoms with E-state index in [9.17, 15) is 31.9 Å². The highest BCUT2D eigenvalue weighted by atomic mass is 35.5. The van der Waals surface area contributed by atoms with E-state index in [1.54, 1.807) is 0 Å². The first-order valence-corrected chi connectivity index (χ1v) is 14.8. The number of nitrogens with zero attached hydrogens (tertiary/aromatic N) is 2. The van der Waals surface area contributed by atoms with E-state index in [0.717, 1.165) is 6.07 Å². The number of cyclic esters (lactones) is 1. The average Bonchev–Trinajstić information content (AvgIpc) is 3.47. The zero-order chi connectivity index (χ0) is 34.0. The number of hydrogen-bond donors (Lipinski definition) is 3. The smallest absolute Gasteiger partial charge is 0.433 e. The third-order valence-electron chi connectivity index (χ3n) is 6.77. The number of H-pyrrole nitrogens is 1. The van der Waals surface area contributed by atoms with Crippen LogP contribution >= 0.6 is 11.6 Å². The van der Waals surface area contributed by atoms with Crippen LogP contribution in [0.4, 0.5) is 28.0 Å². The van der Waals surface area contributed by atoms with Crippen LogP contribution in [0.25, 0.3) is 10.9 Å². The number of nitrogens with one attached hydrogen (secondary N) is 3. The summed E-state index contributed by atoms with van der Waals surface area (Å²) in [7, 11) is 1.49. The minimum absolute atomic E-state index is 0.0453. The summed E-state index contributed by atoms with van der Waals surface area (Å²) in [6.45, 7) is 5.88. The highest BCUT2D eigenvalue weighted by Crippen LogP contribution is 2.38. The predicted octanol–water partition coefficient (Wildman–Crippen LogP) is 7.67. The molecule has 1 unspecified atom stereocenters. The average molecular weight is 664 g/mol. The number of likely N-dealkylation sites (N-methyl/N-ethyl adjacent to an activating group) is 1. The Morgan fingerprint density at radius 1 is 1.09 bits per heavy atom. The number of anilines is 1. The Kier molecular flexibility index (Phi) is 12.5. The standard InChI is InChI=1S/C23H20ClF4N5O4.C7H8.C2H6/c1-33(8-2-3-16-18-15(30-22(36)37-16)7-5-13(24)19(18)25)17(34)10-29-21(35)11-4-6-14-12(9-11)20(32-31-14)23(26,27)28;1-7-5-3-2-4-6-7;1-2/h4-7,9,16H,2-3,8,10H2,1H3,(H,29,35)(H,30,36)(H,31,32);2-6H,1H3;1-2H3. The number of benzene rings is 3. The van der Waals surface area contributed by atoms with Gasteiger partial charge in [0.1, 0.15) is 11.8 Å². The summed E-state index contributed by atoms with van der Waals surface area (Å²) in [6.07, 6.45) is -5.77. The molecule has 14 heteroatoms. The van der Waals surface area contributed by atoms with Crippen LogP contribution in [0.5, 0.6) is 0 Å². The lowest BCUT2D eigenvalue weighted by Crippen LogP contribution is -2.38. The SMILES string of the molecule is CC.CN(CCCC1OC(=O)Nc2ccc(Cl)c(F)c21)C(=O)CNC(=O)c1ccc2n[nH]c(C(F)(F)F)c2c1.Cc1ccccc1. The van der Waals surface area contributed by atoms with Gasteiger partial charge in [0.15, 0.2) is 5.82 Å². The molecule has 1 aliphatic heterocycles. The number of aryl methyl sites for hydroxylation is 1. The van der Waals surface area contributed by atoms with E-state index in [1.165, 1.54) is 41.8 Å². The highest BCUT2D eigenvalue weighted by Gasteiger charge is 2.35. The fraction of sp³-hybridized carbons (Fsp3) is 0.312. The van der Waals surface area contributed by atoms with Crippen LogP contribution in [0.15, 0.2) is 60.7 Å². The van der Waals surface area contributed by atoms with Crippen molar-refractivity contribution in [3.63, 3.8) is 0 Å². The van der Waals surface area contributed by atoms with E-state index in [4.69, 9.17) is 16.3 Å². The molecule has 0 radical (unpaired) electrons. The van der Waals surface area contributed by atoms with E-state index >= 15 is 0 Å². The van der Waals surface area contributed by atoms with E-state index in [1.807, 2.05) is 37.1 Å². The molecule has 246 valence electrons. The number of fused-ring (bicyclic) bond motifs is 2. The maximum Gasteiger partial charge on any atom is 0.433 e. The normalized spacial score (nSPS) is 13.6. The number of amides is 3. The fourth-order valence-electron chi connectivity index (χ4n) is 4.45. The Bertz CT molecular complexity index is 1660. The summed E-state index contributed by atoms with van der Waals surface area (Å²) in [4.78, 5) is 38.0. The van der Waals surface area contributed by atoms with Crippen molar-refractivity contribution in [1.29, 1.82) is 0 Å². The molecule has 0 aliphatic carbocycles. The van der Waals surface area contributed by atoms with E-state index < -0.39 is 48.2 Å². The van der Waals surface area contributed by atoms with E-state index in [0.29, 0.717) is 6.42 Å². The van der Waals surface area contributed by atoms with Crippen molar-refractivity contribution in [2.24, 2.45) is 0 Å². The van der Waals surface area contributed by atoms with Gasteiger partial charge in [-0.3, -0.25) is 20.0 Å². The number of carbonyl (C=O) groups excluding carboxylic acids is 3.